The Balaban J connectivity index is 1.22. The molecule has 1 saturated carbocycles. The summed E-state index contributed by atoms with van der Waals surface area (Å²) in [6.07, 6.45) is 5.52. The van der Waals surface area contributed by atoms with E-state index in [9.17, 15) is 5.11 Å². The number of fused-ring (bicyclic) bond motifs is 1. The Morgan fingerprint density at radius 1 is 0.974 bits per heavy atom. The minimum absolute atomic E-state index is 0.0865. The van der Waals surface area contributed by atoms with E-state index in [1.807, 2.05) is 0 Å². The van der Waals surface area contributed by atoms with E-state index in [1.54, 1.807) is 7.11 Å². The molecule has 1 N–H and O–H groups in total. The van der Waals surface area contributed by atoms with Crippen molar-refractivity contribution in [3.05, 3.63) is 89.0 Å². The second kappa shape index (κ2) is 8.24. The lowest BCUT2D eigenvalue weighted by atomic mass is 9.48. The molecule has 2 aliphatic carbocycles. The van der Waals surface area contributed by atoms with Crippen molar-refractivity contribution in [2.75, 3.05) is 31.6 Å². The molecular formula is C33H36N2O3. The number of nitrogens with zero attached hydrogens (tertiary/aromatic N) is 2. The van der Waals surface area contributed by atoms with Crippen LogP contribution in [0.25, 0.3) is 0 Å². The van der Waals surface area contributed by atoms with Crippen molar-refractivity contribution < 1.29 is 14.6 Å². The monoisotopic (exact) mass is 508 g/mol. The molecule has 3 aromatic carbocycles. The van der Waals surface area contributed by atoms with Gasteiger partial charge in [0.2, 0.25) is 0 Å². The van der Waals surface area contributed by atoms with E-state index in [4.69, 9.17) is 9.47 Å². The minimum Gasteiger partial charge on any atom is -0.493 e. The van der Waals surface area contributed by atoms with Gasteiger partial charge in [0.15, 0.2) is 11.5 Å². The topological polar surface area (TPSA) is 45.2 Å². The Kier molecular flexibility index (Phi) is 4.97. The number of methoxy groups -OCH3 is 1. The quantitative estimate of drug-likeness (QED) is 0.549. The first-order chi connectivity index (χ1) is 18.6. The predicted molar refractivity (Wildman–Crippen MR) is 148 cm³/mol. The number of anilines is 1. The molecule has 3 heterocycles. The van der Waals surface area contributed by atoms with Gasteiger partial charge in [0, 0.05) is 30.4 Å². The number of hydrogen-bond acceptors (Lipinski definition) is 5. The summed E-state index contributed by atoms with van der Waals surface area (Å²) in [5, 5.41) is 12.9. The highest BCUT2D eigenvalue weighted by atomic mass is 16.5. The lowest BCUT2D eigenvalue weighted by Gasteiger charge is -2.65. The second-order valence-corrected chi connectivity index (χ2v) is 12.0. The predicted octanol–water partition coefficient (Wildman–Crippen LogP) is 4.52. The molecule has 1 spiro atoms. The number of para-hydroxylation sites is 1. The lowest BCUT2D eigenvalue weighted by Crippen LogP contribution is -2.78. The van der Waals surface area contributed by atoms with E-state index < -0.39 is 11.0 Å². The van der Waals surface area contributed by atoms with E-state index >= 15 is 0 Å². The average Bonchev–Trinajstić information content (AvgIpc) is 3.53. The van der Waals surface area contributed by atoms with Gasteiger partial charge in [-0.3, -0.25) is 4.90 Å². The molecule has 2 fully saturated rings. The summed E-state index contributed by atoms with van der Waals surface area (Å²) in [7, 11) is 1.74. The summed E-state index contributed by atoms with van der Waals surface area (Å²) in [5.41, 5.74) is 5.51. The van der Waals surface area contributed by atoms with Crippen molar-refractivity contribution >= 4 is 5.69 Å². The Labute approximate surface area is 225 Å². The number of rotatable bonds is 5. The summed E-state index contributed by atoms with van der Waals surface area (Å²) in [5.74, 6) is 1.70. The molecule has 0 unspecified atom stereocenters. The fourth-order valence-corrected chi connectivity index (χ4v) is 8.97. The van der Waals surface area contributed by atoms with Crippen molar-refractivity contribution in [1.29, 1.82) is 0 Å². The molecule has 8 rings (SSSR count). The molecule has 5 atom stereocenters. The van der Waals surface area contributed by atoms with E-state index in [1.165, 1.54) is 27.9 Å². The van der Waals surface area contributed by atoms with Crippen LogP contribution in [0.3, 0.4) is 0 Å². The van der Waals surface area contributed by atoms with Crippen LogP contribution in [0.15, 0.2) is 66.7 Å². The summed E-state index contributed by atoms with van der Waals surface area (Å²) in [6, 6.07) is 24.3. The molecule has 3 aromatic rings. The van der Waals surface area contributed by atoms with Gasteiger partial charge in [0.1, 0.15) is 6.10 Å². The van der Waals surface area contributed by atoms with Crippen LogP contribution in [-0.4, -0.2) is 60.5 Å². The van der Waals surface area contributed by atoms with Crippen molar-refractivity contribution in [1.82, 2.24) is 4.90 Å². The molecule has 196 valence electrons. The van der Waals surface area contributed by atoms with Crippen LogP contribution < -0.4 is 14.4 Å². The van der Waals surface area contributed by atoms with Gasteiger partial charge < -0.3 is 19.5 Å². The van der Waals surface area contributed by atoms with E-state index in [0.29, 0.717) is 0 Å². The summed E-state index contributed by atoms with van der Waals surface area (Å²) >= 11 is 0. The van der Waals surface area contributed by atoms with Gasteiger partial charge in [-0.1, -0.05) is 54.6 Å². The SMILES string of the molecule is COc1ccc2c3c1O[C@H]1[C@H](N4CCc5ccccc54)CC[C@@]4(O)[C@H](C2)N(CCc2ccccc2)CC[C@]314. The van der Waals surface area contributed by atoms with Crippen molar-refractivity contribution in [2.24, 2.45) is 0 Å². The molecular weight excluding hydrogens is 472 g/mol. The molecule has 5 heteroatoms. The fraction of sp³-hybridized carbons (Fsp3) is 0.455. The second-order valence-electron chi connectivity index (χ2n) is 12.0. The first kappa shape index (κ1) is 22.9. The van der Waals surface area contributed by atoms with E-state index in [-0.39, 0.29) is 18.2 Å². The highest BCUT2D eigenvalue weighted by Gasteiger charge is 2.73. The highest BCUT2D eigenvalue weighted by Crippen LogP contribution is 2.66. The van der Waals surface area contributed by atoms with Gasteiger partial charge in [-0.25, -0.2) is 0 Å². The first-order valence-corrected chi connectivity index (χ1v) is 14.4. The number of likely N-dealkylation sites (tertiary alicyclic amines) is 1. The molecule has 3 aliphatic heterocycles. The standard InChI is InChI=1S/C33H36N2O3/c1-37-27-12-11-24-21-28-33(36)16-13-26(35-19-15-23-9-5-6-10-25(23)35)31-32(33,29(24)30(27)38-31)17-20-34(28)18-14-22-7-3-2-4-8-22/h2-12,26,28,31,36H,13-21H2,1H3/t26-,28+,31+,32+,33-/m1/s1. The van der Waals surface area contributed by atoms with Gasteiger partial charge >= 0.3 is 0 Å². The van der Waals surface area contributed by atoms with Crippen molar-refractivity contribution in [3.63, 3.8) is 0 Å². The Morgan fingerprint density at radius 2 is 1.82 bits per heavy atom. The van der Waals surface area contributed by atoms with Crippen LogP contribution in [-0.2, 0) is 24.7 Å². The number of benzene rings is 3. The minimum atomic E-state index is -0.813. The van der Waals surface area contributed by atoms with Gasteiger partial charge in [-0.2, -0.15) is 0 Å². The Morgan fingerprint density at radius 3 is 2.68 bits per heavy atom. The van der Waals surface area contributed by atoms with Crippen LogP contribution >= 0.6 is 0 Å². The molecule has 0 aromatic heterocycles. The Bertz CT molecular complexity index is 1390. The van der Waals surface area contributed by atoms with Crippen LogP contribution in [0, 0.1) is 0 Å². The van der Waals surface area contributed by atoms with Crippen LogP contribution in [0.1, 0.15) is 41.5 Å². The third-order valence-corrected chi connectivity index (χ3v) is 10.6. The van der Waals surface area contributed by atoms with Gasteiger partial charge in [-0.15, -0.1) is 0 Å². The zero-order chi connectivity index (χ0) is 25.5. The van der Waals surface area contributed by atoms with Crippen LogP contribution in [0.4, 0.5) is 5.69 Å². The maximum atomic E-state index is 12.9. The van der Waals surface area contributed by atoms with Crippen molar-refractivity contribution in [2.45, 2.75) is 67.7 Å². The third-order valence-electron chi connectivity index (χ3n) is 10.6. The molecule has 5 aliphatic rings. The third kappa shape index (κ3) is 2.89. The maximum absolute atomic E-state index is 12.9. The number of aliphatic hydroxyl groups is 1. The number of hydrogen-bond donors (Lipinski definition) is 1. The Hall–Kier alpha value is -3.02. The number of ether oxygens (including phenoxy) is 2. The number of piperidine rings is 1. The first-order valence-electron chi connectivity index (χ1n) is 14.4. The smallest absolute Gasteiger partial charge is 0.166 e. The van der Waals surface area contributed by atoms with Crippen LogP contribution in [0.5, 0.6) is 11.5 Å². The zero-order valence-electron chi connectivity index (χ0n) is 22.1. The largest absolute Gasteiger partial charge is 0.493 e. The van der Waals surface area contributed by atoms with Gasteiger partial charge in [0.25, 0.3) is 0 Å². The normalized spacial score (nSPS) is 32.5. The molecule has 0 amide bonds. The summed E-state index contributed by atoms with van der Waals surface area (Å²) in [6.45, 7) is 2.98. The van der Waals surface area contributed by atoms with Crippen molar-refractivity contribution in [3.8, 4) is 11.5 Å². The maximum Gasteiger partial charge on any atom is 0.166 e. The molecule has 1 saturated heterocycles. The highest BCUT2D eigenvalue weighted by molar-refractivity contribution is 5.65. The summed E-state index contributed by atoms with van der Waals surface area (Å²) < 4.78 is 12.9. The van der Waals surface area contributed by atoms with E-state index in [2.05, 4.69) is 76.5 Å². The lowest BCUT2D eigenvalue weighted by molar-refractivity contribution is -0.188. The van der Waals surface area contributed by atoms with Gasteiger partial charge in [0.05, 0.1) is 24.2 Å². The van der Waals surface area contributed by atoms with E-state index in [0.717, 1.165) is 69.7 Å². The summed E-state index contributed by atoms with van der Waals surface area (Å²) in [4.78, 5) is 5.18. The average molecular weight is 509 g/mol. The molecule has 2 bridgehead atoms. The fourth-order valence-electron chi connectivity index (χ4n) is 8.97. The molecule has 5 nitrogen and oxygen atoms in total. The molecule has 0 radical (unpaired) electrons. The van der Waals surface area contributed by atoms with Crippen LogP contribution in [0.2, 0.25) is 0 Å². The molecule has 38 heavy (non-hydrogen) atoms. The van der Waals surface area contributed by atoms with Gasteiger partial charge in [-0.05, 0) is 73.9 Å². The zero-order valence-corrected chi connectivity index (χ0v) is 22.1.